The monoisotopic (exact) mass is 184 g/mol. The number of hydrogen-bond acceptors (Lipinski definition) is 2. The molecule has 0 aromatic rings. The maximum absolute atomic E-state index is 4.66. The van der Waals surface area contributed by atoms with Crippen LogP contribution < -0.4 is 5.32 Å². The molecule has 0 aromatic carbocycles. The minimum atomic E-state index is 0.618. The maximum atomic E-state index is 4.66. The van der Waals surface area contributed by atoms with Crippen molar-refractivity contribution in [3.05, 3.63) is 0 Å². The zero-order chi connectivity index (χ0) is 8.55. The zero-order valence-electron chi connectivity index (χ0n) is 7.71. The largest absolute Gasteiger partial charge is 0.362 e. The molecule has 1 saturated heterocycles. The Balaban J connectivity index is 1.85. The first-order valence-corrected chi connectivity index (χ1v) is 5.75. The van der Waals surface area contributed by atoms with Crippen molar-refractivity contribution >= 4 is 16.9 Å². The van der Waals surface area contributed by atoms with Gasteiger partial charge in [0.25, 0.3) is 0 Å². The van der Waals surface area contributed by atoms with Crippen LogP contribution in [0, 0.1) is 5.92 Å². The quantitative estimate of drug-likeness (QED) is 0.708. The summed E-state index contributed by atoms with van der Waals surface area (Å²) < 4.78 is 0. The molecule has 3 heteroatoms. The Hall–Kier alpha value is -0.180. The van der Waals surface area contributed by atoms with Crippen molar-refractivity contribution in [2.75, 3.05) is 5.75 Å². The smallest absolute Gasteiger partial charge is 0.157 e. The molecule has 1 aliphatic carbocycles. The lowest BCUT2D eigenvalue weighted by Crippen LogP contribution is -2.23. The summed E-state index contributed by atoms with van der Waals surface area (Å²) in [7, 11) is 0. The van der Waals surface area contributed by atoms with E-state index in [1.165, 1.54) is 23.8 Å². The fraction of sp³-hybridized carbons (Fsp3) is 0.889. The zero-order valence-corrected chi connectivity index (χ0v) is 8.53. The van der Waals surface area contributed by atoms with Crippen molar-refractivity contribution in [3.63, 3.8) is 0 Å². The molecule has 0 amide bonds. The summed E-state index contributed by atoms with van der Waals surface area (Å²) in [4.78, 5) is 4.66. The second kappa shape index (κ2) is 3.29. The normalized spacial score (nSPS) is 43.2. The average molecular weight is 184 g/mol. The molecule has 12 heavy (non-hydrogen) atoms. The van der Waals surface area contributed by atoms with Crippen molar-refractivity contribution in [2.24, 2.45) is 10.9 Å². The lowest BCUT2D eigenvalue weighted by atomic mass is 10.3. The van der Waals surface area contributed by atoms with Gasteiger partial charge in [-0.05, 0) is 19.3 Å². The Labute approximate surface area is 78.2 Å². The first-order valence-electron chi connectivity index (χ1n) is 4.76. The van der Waals surface area contributed by atoms with Gasteiger partial charge in [-0.25, -0.2) is 0 Å². The van der Waals surface area contributed by atoms with Gasteiger partial charge in [0.2, 0.25) is 0 Å². The van der Waals surface area contributed by atoms with Crippen LogP contribution in [0.25, 0.3) is 0 Å². The number of aliphatic imine (C=N–C) groups is 1. The number of nitrogens with zero attached hydrogens (tertiary/aromatic N) is 1. The van der Waals surface area contributed by atoms with Crippen LogP contribution in [0.5, 0.6) is 0 Å². The van der Waals surface area contributed by atoms with E-state index in [9.17, 15) is 0 Å². The third-order valence-corrected chi connectivity index (χ3v) is 3.70. The molecule has 0 radical (unpaired) electrons. The second-order valence-corrected chi connectivity index (χ2v) is 4.77. The molecule has 2 rings (SSSR count). The Morgan fingerprint density at radius 2 is 2.50 bits per heavy atom. The van der Waals surface area contributed by atoms with Gasteiger partial charge >= 0.3 is 0 Å². The summed E-state index contributed by atoms with van der Waals surface area (Å²) in [5, 5.41) is 4.57. The van der Waals surface area contributed by atoms with Gasteiger partial charge in [0.1, 0.15) is 0 Å². The van der Waals surface area contributed by atoms with Gasteiger partial charge in [-0.1, -0.05) is 25.1 Å². The highest BCUT2D eigenvalue weighted by Gasteiger charge is 2.36. The first-order chi connectivity index (χ1) is 5.79. The Morgan fingerprint density at radius 3 is 3.00 bits per heavy atom. The Morgan fingerprint density at radius 1 is 1.67 bits per heavy atom. The van der Waals surface area contributed by atoms with Crippen LogP contribution in [0.3, 0.4) is 0 Å². The van der Waals surface area contributed by atoms with E-state index >= 15 is 0 Å². The van der Waals surface area contributed by atoms with E-state index in [0.29, 0.717) is 12.1 Å². The summed E-state index contributed by atoms with van der Waals surface area (Å²) in [5.41, 5.74) is 0. The predicted octanol–water partition coefficient (Wildman–Crippen LogP) is 1.87. The van der Waals surface area contributed by atoms with E-state index in [1.807, 2.05) is 11.8 Å². The van der Waals surface area contributed by atoms with Crippen molar-refractivity contribution in [2.45, 2.75) is 38.8 Å². The molecule has 1 aliphatic heterocycles. The standard InChI is InChI=1S/C9H16N2S/c1-3-7-4-8(7)11-9-10-6(2)5-12-9/h6-8H,3-5H2,1-2H3,(H,10,11). The van der Waals surface area contributed by atoms with Crippen molar-refractivity contribution in [1.29, 1.82) is 0 Å². The molecular weight excluding hydrogens is 168 g/mol. The van der Waals surface area contributed by atoms with Crippen molar-refractivity contribution < 1.29 is 0 Å². The highest BCUT2D eigenvalue weighted by molar-refractivity contribution is 8.14. The van der Waals surface area contributed by atoms with E-state index in [0.717, 1.165) is 5.92 Å². The van der Waals surface area contributed by atoms with E-state index in [4.69, 9.17) is 0 Å². The van der Waals surface area contributed by atoms with Gasteiger partial charge in [-0.2, -0.15) is 0 Å². The second-order valence-electron chi connectivity index (χ2n) is 3.76. The summed E-state index contributed by atoms with van der Waals surface area (Å²) in [6.45, 7) is 4.46. The first kappa shape index (κ1) is 8.42. The van der Waals surface area contributed by atoms with Gasteiger partial charge in [0.05, 0.1) is 6.04 Å². The molecule has 68 valence electrons. The number of amidine groups is 1. The van der Waals surface area contributed by atoms with Gasteiger partial charge in [0, 0.05) is 11.8 Å². The summed E-state index contributed by atoms with van der Waals surface area (Å²) in [6.07, 6.45) is 2.61. The SMILES string of the molecule is CCC1CC1N=C1NC(C)CS1. The molecule has 3 unspecified atom stereocenters. The number of nitrogens with one attached hydrogen (secondary N) is 1. The Kier molecular flexibility index (Phi) is 2.31. The number of rotatable bonds is 2. The molecule has 0 spiro atoms. The van der Waals surface area contributed by atoms with E-state index < -0.39 is 0 Å². The van der Waals surface area contributed by atoms with Crippen LogP contribution in [0.15, 0.2) is 4.99 Å². The minimum Gasteiger partial charge on any atom is -0.362 e. The average Bonchev–Trinajstić information content (AvgIpc) is 2.67. The number of thioether (sulfide) groups is 1. The third-order valence-electron chi connectivity index (χ3n) is 2.53. The molecular formula is C9H16N2S. The highest BCUT2D eigenvalue weighted by Crippen LogP contribution is 2.37. The molecule has 1 heterocycles. The van der Waals surface area contributed by atoms with Crippen LogP contribution in [0.2, 0.25) is 0 Å². The van der Waals surface area contributed by atoms with Crippen LogP contribution in [0.1, 0.15) is 26.7 Å². The van der Waals surface area contributed by atoms with Gasteiger partial charge in [0.15, 0.2) is 5.17 Å². The lowest BCUT2D eigenvalue weighted by molar-refractivity contribution is 0.743. The topological polar surface area (TPSA) is 24.4 Å². The van der Waals surface area contributed by atoms with Gasteiger partial charge < -0.3 is 5.32 Å². The maximum Gasteiger partial charge on any atom is 0.157 e. The molecule has 1 N–H and O–H groups in total. The molecule has 2 aliphatic rings. The highest BCUT2D eigenvalue weighted by atomic mass is 32.2. The predicted molar refractivity (Wildman–Crippen MR) is 54.7 cm³/mol. The molecule has 2 fully saturated rings. The van der Waals surface area contributed by atoms with E-state index in [-0.39, 0.29) is 0 Å². The fourth-order valence-electron chi connectivity index (χ4n) is 1.55. The molecule has 3 atom stereocenters. The molecule has 0 aromatic heterocycles. The summed E-state index contributed by atoms with van der Waals surface area (Å²) >= 11 is 1.87. The van der Waals surface area contributed by atoms with Gasteiger partial charge in [-0.3, -0.25) is 4.99 Å². The van der Waals surface area contributed by atoms with Crippen molar-refractivity contribution in [3.8, 4) is 0 Å². The summed E-state index contributed by atoms with van der Waals surface area (Å²) in [6, 6.07) is 1.27. The van der Waals surface area contributed by atoms with Crippen LogP contribution in [0.4, 0.5) is 0 Å². The third kappa shape index (κ3) is 1.76. The minimum absolute atomic E-state index is 0.618. The van der Waals surface area contributed by atoms with Crippen molar-refractivity contribution in [1.82, 2.24) is 5.32 Å². The lowest BCUT2D eigenvalue weighted by Gasteiger charge is -1.99. The molecule has 2 nitrogen and oxygen atoms in total. The van der Waals surface area contributed by atoms with Crippen LogP contribution in [-0.2, 0) is 0 Å². The Bertz CT molecular complexity index is 203. The molecule has 1 saturated carbocycles. The fourth-order valence-corrected chi connectivity index (χ4v) is 2.54. The van der Waals surface area contributed by atoms with Crippen LogP contribution >= 0.6 is 11.8 Å². The summed E-state index contributed by atoms with van der Waals surface area (Å²) in [5.74, 6) is 2.07. The van der Waals surface area contributed by atoms with E-state index in [2.05, 4.69) is 24.2 Å². The van der Waals surface area contributed by atoms with E-state index in [1.54, 1.807) is 0 Å². The van der Waals surface area contributed by atoms with Gasteiger partial charge in [-0.15, -0.1) is 0 Å². The number of hydrogen-bond donors (Lipinski definition) is 1. The molecule has 0 bridgehead atoms. The van der Waals surface area contributed by atoms with Crippen LogP contribution in [-0.4, -0.2) is 23.0 Å².